The van der Waals surface area contributed by atoms with Crippen LogP contribution in [0.3, 0.4) is 0 Å². The first kappa shape index (κ1) is 16.4. The summed E-state index contributed by atoms with van der Waals surface area (Å²) in [6, 6.07) is 0. The Labute approximate surface area is 138 Å². The van der Waals surface area contributed by atoms with Crippen molar-refractivity contribution in [2.24, 2.45) is 0 Å². The largest absolute Gasteiger partial charge is 0.361 e. The van der Waals surface area contributed by atoms with E-state index >= 15 is 0 Å². The minimum absolute atomic E-state index is 0.291. The molecule has 0 bridgehead atoms. The molecule has 0 unspecified atom stereocenters. The van der Waals surface area contributed by atoms with Gasteiger partial charge in [-0.15, -0.1) is 0 Å². The van der Waals surface area contributed by atoms with Gasteiger partial charge in [0.2, 0.25) is 9.84 Å². The lowest BCUT2D eigenvalue weighted by atomic mass is 10.3. The number of fused-ring (bicyclic) bond motifs is 3. The molecular weight excluding hydrogens is 332 g/mol. The van der Waals surface area contributed by atoms with Gasteiger partial charge in [-0.2, -0.15) is 9.97 Å². The zero-order valence-electron chi connectivity index (χ0n) is 14.1. The quantitative estimate of drug-likeness (QED) is 0.676. The number of aromatic nitrogens is 5. The summed E-state index contributed by atoms with van der Waals surface area (Å²) >= 11 is 0. The molecule has 0 aliphatic heterocycles. The zero-order chi connectivity index (χ0) is 17.8. The second-order valence-electron chi connectivity index (χ2n) is 5.80. The summed E-state index contributed by atoms with van der Waals surface area (Å²) in [5, 5.41) is -0.291. The summed E-state index contributed by atoms with van der Waals surface area (Å²) < 4.78 is 25.6. The summed E-state index contributed by atoms with van der Waals surface area (Å²) in [6.45, 7) is 3.65. The third-order valence-electron chi connectivity index (χ3n) is 3.71. The van der Waals surface area contributed by atoms with Gasteiger partial charge in [0, 0.05) is 26.8 Å². The molecule has 3 rings (SSSR count). The Morgan fingerprint density at radius 2 is 1.88 bits per heavy atom. The van der Waals surface area contributed by atoms with Gasteiger partial charge in [-0.25, -0.2) is 13.4 Å². The Kier molecular flexibility index (Phi) is 3.59. The van der Waals surface area contributed by atoms with Crippen LogP contribution in [0.5, 0.6) is 0 Å². The number of sulfone groups is 1. The molecule has 3 heterocycles. The minimum Gasteiger partial charge on any atom is -0.361 e. The standard InChI is InChI=1S/C14H18N6O3S/c1-6-8-15-7(2)10-13(21)16-9-11(19(3)4)17-14(24(5,22)23)18-12(9)20(8)10/h6H2,1-5H3,(H,16,21). The van der Waals surface area contributed by atoms with Crippen molar-refractivity contribution >= 4 is 32.3 Å². The number of anilines is 1. The average Bonchev–Trinajstić information content (AvgIpc) is 2.83. The Hall–Kier alpha value is -2.49. The second-order valence-corrected chi connectivity index (χ2v) is 7.71. The molecule has 3 aromatic heterocycles. The Morgan fingerprint density at radius 3 is 2.42 bits per heavy atom. The van der Waals surface area contributed by atoms with Gasteiger partial charge in [0.1, 0.15) is 16.9 Å². The van der Waals surface area contributed by atoms with Crippen LogP contribution in [0.25, 0.3) is 16.7 Å². The predicted octanol–water partition coefficient (Wildman–Crippen LogP) is 0.306. The summed E-state index contributed by atoms with van der Waals surface area (Å²) in [6.07, 6.45) is 1.62. The average molecular weight is 350 g/mol. The van der Waals surface area contributed by atoms with Crippen LogP contribution < -0.4 is 10.5 Å². The van der Waals surface area contributed by atoms with Gasteiger partial charge in [-0.05, 0) is 6.92 Å². The smallest absolute Gasteiger partial charge is 0.274 e. The summed E-state index contributed by atoms with van der Waals surface area (Å²) in [5.74, 6) is 0.967. The molecule has 0 aliphatic rings. The highest BCUT2D eigenvalue weighted by molar-refractivity contribution is 7.90. The predicted molar refractivity (Wildman–Crippen MR) is 90.5 cm³/mol. The third-order valence-corrected chi connectivity index (χ3v) is 4.55. The number of rotatable bonds is 3. The summed E-state index contributed by atoms with van der Waals surface area (Å²) in [7, 11) is -0.180. The molecule has 9 nitrogen and oxygen atoms in total. The van der Waals surface area contributed by atoms with Gasteiger partial charge in [0.25, 0.3) is 10.7 Å². The Balaban J connectivity index is 2.66. The highest BCUT2D eigenvalue weighted by Gasteiger charge is 2.22. The van der Waals surface area contributed by atoms with Crippen LogP contribution in [0.1, 0.15) is 18.4 Å². The van der Waals surface area contributed by atoms with E-state index in [0.717, 1.165) is 6.26 Å². The van der Waals surface area contributed by atoms with E-state index in [1.54, 1.807) is 30.3 Å². The van der Waals surface area contributed by atoms with Crippen LogP contribution in [-0.4, -0.2) is 53.1 Å². The Morgan fingerprint density at radius 1 is 1.21 bits per heavy atom. The molecule has 3 aromatic rings. The van der Waals surface area contributed by atoms with Crippen LogP contribution in [0, 0.1) is 6.92 Å². The molecule has 0 aromatic carbocycles. The molecule has 0 saturated heterocycles. The number of nitrogens with one attached hydrogen (secondary N) is 1. The first-order valence-corrected chi connectivity index (χ1v) is 9.23. The maximum atomic E-state index is 12.5. The molecule has 24 heavy (non-hydrogen) atoms. The van der Waals surface area contributed by atoms with Crippen LogP contribution in [-0.2, 0) is 16.3 Å². The van der Waals surface area contributed by atoms with E-state index in [4.69, 9.17) is 0 Å². The molecule has 1 N–H and O–H groups in total. The van der Waals surface area contributed by atoms with Gasteiger partial charge in [-0.3, -0.25) is 9.20 Å². The van der Waals surface area contributed by atoms with Gasteiger partial charge < -0.3 is 9.88 Å². The van der Waals surface area contributed by atoms with E-state index in [1.807, 2.05) is 6.92 Å². The molecule has 0 atom stereocenters. The number of hydrogen-bond donors (Lipinski definition) is 1. The van der Waals surface area contributed by atoms with E-state index in [-0.39, 0.29) is 10.7 Å². The lowest BCUT2D eigenvalue weighted by Crippen LogP contribution is -2.20. The third kappa shape index (κ3) is 2.33. The normalized spacial score (nSPS) is 12.2. The lowest BCUT2D eigenvalue weighted by Gasteiger charge is -2.15. The van der Waals surface area contributed by atoms with Crippen molar-refractivity contribution in [3.8, 4) is 0 Å². The molecule has 10 heteroatoms. The molecule has 0 amide bonds. The van der Waals surface area contributed by atoms with Gasteiger partial charge in [0.05, 0.1) is 5.69 Å². The maximum absolute atomic E-state index is 12.5. The number of hydrogen-bond acceptors (Lipinski definition) is 7. The molecular formula is C14H18N6O3S. The van der Waals surface area contributed by atoms with Crippen LogP contribution in [0.4, 0.5) is 5.82 Å². The van der Waals surface area contributed by atoms with E-state index in [2.05, 4.69) is 19.9 Å². The minimum atomic E-state index is -3.62. The fourth-order valence-corrected chi connectivity index (χ4v) is 3.18. The van der Waals surface area contributed by atoms with Crippen LogP contribution in [0.2, 0.25) is 0 Å². The molecule has 0 aliphatic carbocycles. The van der Waals surface area contributed by atoms with Crippen molar-refractivity contribution in [1.29, 1.82) is 0 Å². The van der Waals surface area contributed by atoms with Crippen molar-refractivity contribution in [2.75, 3.05) is 25.3 Å². The van der Waals surface area contributed by atoms with E-state index in [1.165, 1.54) is 0 Å². The van der Waals surface area contributed by atoms with Crippen molar-refractivity contribution in [3.63, 3.8) is 0 Å². The number of aryl methyl sites for hydroxylation is 2. The lowest BCUT2D eigenvalue weighted by molar-refractivity contribution is 0.593. The molecule has 0 saturated carbocycles. The summed E-state index contributed by atoms with van der Waals surface area (Å²) in [5.41, 5.74) is 1.31. The highest BCUT2D eigenvalue weighted by Crippen LogP contribution is 2.23. The highest BCUT2D eigenvalue weighted by atomic mass is 32.2. The number of imidazole rings is 1. The number of H-pyrrole nitrogens is 1. The topological polar surface area (TPSA) is 113 Å². The SMILES string of the molecule is CCc1nc(C)c2c(=O)[nH]c3c(N(C)C)nc(S(C)(=O)=O)nc3n12. The molecule has 128 valence electrons. The van der Waals surface area contributed by atoms with E-state index < -0.39 is 9.84 Å². The molecule has 0 fully saturated rings. The van der Waals surface area contributed by atoms with E-state index in [9.17, 15) is 13.2 Å². The maximum Gasteiger partial charge on any atom is 0.274 e. The van der Waals surface area contributed by atoms with Gasteiger partial charge >= 0.3 is 0 Å². The van der Waals surface area contributed by atoms with Gasteiger partial charge in [-0.1, -0.05) is 6.92 Å². The fourth-order valence-electron chi connectivity index (χ4n) is 2.67. The molecule has 0 spiro atoms. The van der Waals surface area contributed by atoms with Crippen LogP contribution >= 0.6 is 0 Å². The van der Waals surface area contributed by atoms with Crippen molar-refractivity contribution in [2.45, 2.75) is 25.4 Å². The Bertz CT molecular complexity index is 1130. The fraction of sp³-hybridized carbons (Fsp3) is 0.429. The molecule has 0 radical (unpaired) electrons. The number of nitrogens with zero attached hydrogens (tertiary/aromatic N) is 5. The first-order chi connectivity index (χ1) is 11.1. The zero-order valence-corrected chi connectivity index (χ0v) is 14.9. The first-order valence-electron chi connectivity index (χ1n) is 7.34. The van der Waals surface area contributed by atoms with Gasteiger partial charge in [0.15, 0.2) is 11.5 Å². The van der Waals surface area contributed by atoms with Crippen molar-refractivity contribution < 1.29 is 8.42 Å². The van der Waals surface area contributed by atoms with Crippen LogP contribution in [0.15, 0.2) is 9.95 Å². The van der Waals surface area contributed by atoms with Crippen molar-refractivity contribution in [3.05, 3.63) is 21.9 Å². The van der Waals surface area contributed by atoms with E-state index in [0.29, 0.717) is 40.4 Å². The number of aromatic amines is 1. The monoisotopic (exact) mass is 350 g/mol. The second kappa shape index (κ2) is 5.26. The van der Waals surface area contributed by atoms with Crippen molar-refractivity contribution in [1.82, 2.24) is 24.3 Å². The summed E-state index contributed by atoms with van der Waals surface area (Å²) in [4.78, 5) is 29.6.